The number of hydrogen-bond donors (Lipinski definition) is 2. The van der Waals surface area contributed by atoms with Gasteiger partial charge in [0.2, 0.25) is 0 Å². The van der Waals surface area contributed by atoms with Crippen LogP contribution in [0.3, 0.4) is 0 Å². The van der Waals surface area contributed by atoms with Gasteiger partial charge in [-0.2, -0.15) is 0 Å². The van der Waals surface area contributed by atoms with Gasteiger partial charge in [-0.15, -0.1) is 0 Å². The Hall–Kier alpha value is -2.30. The van der Waals surface area contributed by atoms with Gasteiger partial charge in [0.25, 0.3) is 5.91 Å². The third-order valence-corrected chi connectivity index (χ3v) is 2.63. The summed E-state index contributed by atoms with van der Waals surface area (Å²) in [6.07, 6.45) is 0. The molecule has 0 aliphatic carbocycles. The molecular weight excluding hydrogens is 244 g/mol. The van der Waals surface area contributed by atoms with Gasteiger partial charge in [0.1, 0.15) is 11.5 Å². The summed E-state index contributed by atoms with van der Waals surface area (Å²) in [6.45, 7) is 3.13. The van der Waals surface area contributed by atoms with Gasteiger partial charge in [-0.1, -0.05) is 0 Å². The molecule has 0 spiro atoms. The van der Waals surface area contributed by atoms with Gasteiger partial charge in [-0.25, -0.2) is 0 Å². The fourth-order valence-electron chi connectivity index (χ4n) is 1.57. The summed E-state index contributed by atoms with van der Waals surface area (Å²) in [4.78, 5) is 16.0. The molecule has 1 rings (SSSR count). The highest BCUT2D eigenvalue weighted by Crippen LogP contribution is 2.16. The van der Waals surface area contributed by atoms with Crippen molar-refractivity contribution >= 4 is 17.3 Å². The van der Waals surface area contributed by atoms with E-state index in [9.17, 15) is 9.90 Å². The molecule has 0 saturated heterocycles. The first-order valence-corrected chi connectivity index (χ1v) is 5.78. The molecule has 1 aromatic carbocycles. The normalized spacial score (nSPS) is 12.7. The van der Waals surface area contributed by atoms with Crippen LogP contribution in [0.15, 0.2) is 40.6 Å². The van der Waals surface area contributed by atoms with E-state index in [0.717, 1.165) is 0 Å². The van der Waals surface area contributed by atoms with Gasteiger partial charge in [0.15, 0.2) is 0 Å². The monoisotopic (exact) mass is 262 g/mol. The molecule has 0 fully saturated rings. The lowest BCUT2D eigenvalue weighted by Gasteiger charge is -2.10. The smallest absolute Gasteiger partial charge is 0.260 e. The summed E-state index contributed by atoms with van der Waals surface area (Å²) in [5.41, 5.74) is 1.28. The minimum absolute atomic E-state index is 0.0610. The van der Waals surface area contributed by atoms with Crippen LogP contribution in [0.2, 0.25) is 0 Å². The number of benzene rings is 1. The zero-order chi connectivity index (χ0) is 14.4. The maximum absolute atomic E-state index is 12.1. The Morgan fingerprint density at radius 2 is 1.84 bits per heavy atom. The predicted octanol–water partition coefficient (Wildman–Crippen LogP) is 2.56. The number of ether oxygens (including phenoxy) is 1. The predicted molar refractivity (Wildman–Crippen MR) is 76.0 cm³/mol. The lowest BCUT2D eigenvalue weighted by Crippen LogP contribution is -2.20. The molecule has 0 atom stereocenters. The van der Waals surface area contributed by atoms with Gasteiger partial charge in [0.05, 0.1) is 12.7 Å². The maximum Gasteiger partial charge on any atom is 0.260 e. The molecule has 2 N–H and O–H groups in total. The molecule has 0 saturated carbocycles. The number of rotatable bonds is 4. The van der Waals surface area contributed by atoms with Crippen LogP contribution in [0, 0.1) is 0 Å². The van der Waals surface area contributed by atoms with Crippen molar-refractivity contribution in [1.82, 2.24) is 0 Å². The number of allylic oxidation sites excluding steroid dienone is 1. The molecule has 1 aromatic rings. The molecule has 102 valence electrons. The Labute approximate surface area is 112 Å². The van der Waals surface area contributed by atoms with Crippen molar-refractivity contribution in [3.8, 4) is 5.75 Å². The minimum atomic E-state index is -0.395. The Balaban J connectivity index is 2.91. The second-order valence-electron chi connectivity index (χ2n) is 3.95. The highest BCUT2D eigenvalue weighted by molar-refractivity contribution is 6.24. The van der Waals surface area contributed by atoms with Crippen molar-refractivity contribution in [3.63, 3.8) is 0 Å². The largest absolute Gasteiger partial charge is 0.512 e. The molecule has 0 heterocycles. The zero-order valence-electron chi connectivity index (χ0n) is 11.5. The van der Waals surface area contributed by atoms with Gasteiger partial charge < -0.3 is 15.2 Å². The van der Waals surface area contributed by atoms with Crippen LogP contribution in [-0.4, -0.2) is 30.9 Å². The molecule has 0 aliphatic heterocycles. The number of anilines is 1. The summed E-state index contributed by atoms with van der Waals surface area (Å²) < 4.78 is 5.03. The Bertz CT molecular complexity index is 512. The Kier molecular flexibility index (Phi) is 5.11. The van der Waals surface area contributed by atoms with E-state index in [-0.39, 0.29) is 11.3 Å². The average molecular weight is 262 g/mol. The number of amides is 1. The topological polar surface area (TPSA) is 70.9 Å². The highest BCUT2D eigenvalue weighted by Gasteiger charge is 2.16. The molecule has 5 heteroatoms. The first kappa shape index (κ1) is 14.8. The molecular formula is C14H18N2O3. The van der Waals surface area contributed by atoms with E-state index in [1.807, 2.05) is 0 Å². The van der Waals surface area contributed by atoms with E-state index in [0.29, 0.717) is 17.1 Å². The van der Waals surface area contributed by atoms with Gasteiger partial charge in [-0.05, 0) is 38.1 Å². The number of aliphatic hydroxyl groups is 1. The summed E-state index contributed by atoms with van der Waals surface area (Å²) in [5.74, 6) is 0.251. The number of hydrogen-bond acceptors (Lipinski definition) is 4. The summed E-state index contributed by atoms with van der Waals surface area (Å²) >= 11 is 0. The number of carbonyl (C=O) groups excluding carboxylic acids is 1. The van der Waals surface area contributed by atoms with Crippen molar-refractivity contribution in [2.45, 2.75) is 13.8 Å². The van der Waals surface area contributed by atoms with E-state index >= 15 is 0 Å². The van der Waals surface area contributed by atoms with Crippen LogP contribution >= 0.6 is 0 Å². The summed E-state index contributed by atoms with van der Waals surface area (Å²) in [6, 6.07) is 6.93. The quantitative estimate of drug-likeness (QED) is 0.497. The number of nitrogens with zero attached hydrogens (tertiary/aromatic N) is 1. The van der Waals surface area contributed by atoms with Gasteiger partial charge >= 0.3 is 0 Å². The van der Waals surface area contributed by atoms with E-state index in [2.05, 4.69) is 10.3 Å². The summed E-state index contributed by atoms with van der Waals surface area (Å²) in [7, 11) is 3.14. The Morgan fingerprint density at radius 3 is 2.26 bits per heavy atom. The van der Waals surface area contributed by atoms with Crippen LogP contribution < -0.4 is 10.1 Å². The van der Waals surface area contributed by atoms with Crippen molar-refractivity contribution in [3.05, 3.63) is 35.6 Å². The van der Waals surface area contributed by atoms with Crippen LogP contribution in [0.5, 0.6) is 5.75 Å². The molecule has 5 nitrogen and oxygen atoms in total. The van der Waals surface area contributed by atoms with Crippen LogP contribution in [0.4, 0.5) is 5.69 Å². The molecule has 19 heavy (non-hydrogen) atoms. The van der Waals surface area contributed by atoms with E-state index in [1.54, 1.807) is 45.3 Å². The third-order valence-electron chi connectivity index (χ3n) is 2.63. The maximum atomic E-state index is 12.1. The molecule has 1 amide bonds. The van der Waals surface area contributed by atoms with Gasteiger partial charge in [-0.3, -0.25) is 9.79 Å². The SMILES string of the molecule is CN=C(C)/C(C(=O)Nc1ccc(OC)cc1)=C(\C)O. The lowest BCUT2D eigenvalue weighted by molar-refractivity contribution is -0.112. The average Bonchev–Trinajstić information content (AvgIpc) is 2.39. The lowest BCUT2D eigenvalue weighted by atomic mass is 10.1. The van der Waals surface area contributed by atoms with Gasteiger partial charge in [0, 0.05) is 18.4 Å². The second-order valence-corrected chi connectivity index (χ2v) is 3.95. The van der Waals surface area contributed by atoms with Crippen molar-refractivity contribution < 1.29 is 14.6 Å². The first-order chi connectivity index (χ1) is 8.99. The van der Waals surface area contributed by atoms with E-state index in [1.165, 1.54) is 6.92 Å². The van der Waals surface area contributed by atoms with E-state index in [4.69, 9.17) is 4.74 Å². The number of aliphatic imine (C=N–C) groups is 1. The molecule has 0 aliphatic rings. The first-order valence-electron chi connectivity index (χ1n) is 5.78. The fourth-order valence-corrected chi connectivity index (χ4v) is 1.57. The highest BCUT2D eigenvalue weighted by atomic mass is 16.5. The molecule has 0 aromatic heterocycles. The van der Waals surface area contributed by atoms with Crippen molar-refractivity contribution in [2.24, 2.45) is 4.99 Å². The number of methoxy groups -OCH3 is 1. The third kappa shape index (κ3) is 3.84. The number of carbonyl (C=O) groups is 1. The Morgan fingerprint density at radius 1 is 1.26 bits per heavy atom. The van der Waals surface area contributed by atoms with Crippen molar-refractivity contribution in [1.29, 1.82) is 0 Å². The minimum Gasteiger partial charge on any atom is -0.512 e. The molecule has 0 bridgehead atoms. The zero-order valence-corrected chi connectivity index (χ0v) is 11.5. The standard InChI is InChI=1S/C14H18N2O3/c1-9(15-3)13(10(2)17)14(18)16-11-5-7-12(19-4)8-6-11/h5-8,17H,1-4H3,(H,16,18)/b13-10-,15-9?. The molecule has 0 radical (unpaired) electrons. The van der Waals surface area contributed by atoms with Crippen LogP contribution in [0.25, 0.3) is 0 Å². The number of nitrogens with one attached hydrogen (secondary N) is 1. The second kappa shape index (κ2) is 6.58. The van der Waals surface area contributed by atoms with Crippen LogP contribution in [0.1, 0.15) is 13.8 Å². The van der Waals surface area contributed by atoms with Crippen LogP contribution in [-0.2, 0) is 4.79 Å². The van der Waals surface area contributed by atoms with Crippen molar-refractivity contribution in [2.75, 3.05) is 19.5 Å². The molecule has 0 unspecified atom stereocenters. The van der Waals surface area contributed by atoms with E-state index < -0.39 is 5.91 Å². The summed E-state index contributed by atoms with van der Waals surface area (Å²) in [5, 5.41) is 12.3. The fraction of sp³-hybridized carbons (Fsp3) is 0.286. The number of aliphatic hydroxyl groups excluding tert-OH is 1.